The molecule has 19 heavy (non-hydrogen) atoms. The number of aryl methyl sites for hydroxylation is 1. The van der Waals surface area contributed by atoms with Crippen LogP contribution in [0, 0.1) is 6.92 Å². The standard InChI is InChI=1S/C12H12Cl2N4O/c1-6-16-11(14)10(15)12(17-6)18-7-3-4-9(19-2)8(13)5-7/h3-5H,15H2,1-2H3,(H,16,17,18). The molecule has 7 heteroatoms. The van der Waals surface area contributed by atoms with Crippen LogP contribution in [0.3, 0.4) is 0 Å². The molecule has 0 saturated carbocycles. The number of nitrogens with two attached hydrogens (primary N) is 1. The van der Waals surface area contributed by atoms with E-state index in [2.05, 4.69) is 15.3 Å². The minimum atomic E-state index is 0.217. The van der Waals surface area contributed by atoms with Crippen molar-refractivity contribution in [2.45, 2.75) is 6.92 Å². The second-order valence-corrected chi connectivity index (χ2v) is 4.56. The molecule has 2 rings (SSSR count). The van der Waals surface area contributed by atoms with E-state index in [-0.39, 0.29) is 5.15 Å². The third-order valence-electron chi connectivity index (χ3n) is 2.43. The van der Waals surface area contributed by atoms with Gasteiger partial charge in [-0.25, -0.2) is 9.97 Å². The largest absolute Gasteiger partial charge is 0.495 e. The molecule has 0 aliphatic heterocycles. The van der Waals surface area contributed by atoms with Crippen molar-refractivity contribution in [1.29, 1.82) is 0 Å². The molecule has 0 unspecified atom stereocenters. The van der Waals surface area contributed by atoms with Crippen molar-refractivity contribution in [3.8, 4) is 5.75 Å². The molecule has 2 aromatic rings. The number of nitrogens with zero attached hydrogens (tertiary/aromatic N) is 2. The first-order valence-electron chi connectivity index (χ1n) is 5.41. The molecular weight excluding hydrogens is 287 g/mol. The highest BCUT2D eigenvalue weighted by Gasteiger charge is 2.09. The highest BCUT2D eigenvalue weighted by Crippen LogP contribution is 2.31. The maximum Gasteiger partial charge on any atom is 0.158 e. The fourth-order valence-electron chi connectivity index (χ4n) is 1.52. The maximum absolute atomic E-state index is 6.04. The van der Waals surface area contributed by atoms with Gasteiger partial charge in [-0.2, -0.15) is 0 Å². The Morgan fingerprint density at radius 3 is 2.63 bits per heavy atom. The van der Waals surface area contributed by atoms with E-state index in [1.165, 1.54) is 0 Å². The van der Waals surface area contributed by atoms with Gasteiger partial charge in [0.05, 0.1) is 12.1 Å². The van der Waals surface area contributed by atoms with Gasteiger partial charge in [-0.05, 0) is 25.1 Å². The van der Waals surface area contributed by atoms with Crippen LogP contribution in [0.25, 0.3) is 0 Å². The van der Waals surface area contributed by atoms with E-state index in [4.69, 9.17) is 33.7 Å². The van der Waals surface area contributed by atoms with Gasteiger partial charge in [0.25, 0.3) is 0 Å². The topological polar surface area (TPSA) is 73.1 Å². The average molecular weight is 299 g/mol. The second kappa shape index (κ2) is 5.50. The van der Waals surface area contributed by atoms with Crippen molar-refractivity contribution in [2.24, 2.45) is 0 Å². The predicted molar refractivity (Wildman–Crippen MR) is 77.5 cm³/mol. The Balaban J connectivity index is 2.33. The van der Waals surface area contributed by atoms with E-state index in [9.17, 15) is 0 Å². The first-order chi connectivity index (χ1) is 9.01. The van der Waals surface area contributed by atoms with Crippen LogP contribution in [0.4, 0.5) is 17.2 Å². The molecule has 0 amide bonds. The lowest BCUT2D eigenvalue weighted by Gasteiger charge is -2.11. The first-order valence-corrected chi connectivity index (χ1v) is 6.17. The van der Waals surface area contributed by atoms with Crippen LogP contribution in [-0.4, -0.2) is 17.1 Å². The third-order valence-corrected chi connectivity index (χ3v) is 3.01. The van der Waals surface area contributed by atoms with Crippen molar-refractivity contribution in [1.82, 2.24) is 9.97 Å². The number of methoxy groups -OCH3 is 1. The molecule has 1 aromatic carbocycles. The summed E-state index contributed by atoms with van der Waals surface area (Å²) in [4.78, 5) is 8.16. The summed E-state index contributed by atoms with van der Waals surface area (Å²) >= 11 is 11.9. The minimum absolute atomic E-state index is 0.217. The number of nitrogen functional groups attached to an aromatic ring is 1. The van der Waals surface area contributed by atoms with Crippen LogP contribution in [0.15, 0.2) is 18.2 Å². The monoisotopic (exact) mass is 298 g/mol. The van der Waals surface area contributed by atoms with Gasteiger partial charge in [-0.1, -0.05) is 23.2 Å². The van der Waals surface area contributed by atoms with Gasteiger partial charge in [0.1, 0.15) is 17.3 Å². The third kappa shape index (κ3) is 3.00. The number of hydrogen-bond acceptors (Lipinski definition) is 5. The smallest absolute Gasteiger partial charge is 0.158 e. The Labute approximate surface area is 120 Å². The number of nitrogens with one attached hydrogen (secondary N) is 1. The van der Waals surface area contributed by atoms with E-state index in [0.29, 0.717) is 28.1 Å². The SMILES string of the molecule is COc1ccc(Nc2nc(C)nc(Cl)c2N)cc1Cl. The number of aromatic nitrogens is 2. The summed E-state index contributed by atoms with van der Waals surface area (Å²) in [6, 6.07) is 5.26. The number of rotatable bonds is 3. The van der Waals surface area contributed by atoms with Crippen LogP contribution >= 0.6 is 23.2 Å². The summed E-state index contributed by atoms with van der Waals surface area (Å²) < 4.78 is 5.08. The molecule has 1 heterocycles. The lowest BCUT2D eigenvalue weighted by molar-refractivity contribution is 0.415. The summed E-state index contributed by atoms with van der Waals surface area (Å²) in [5.41, 5.74) is 6.84. The second-order valence-electron chi connectivity index (χ2n) is 3.80. The Bertz CT molecular complexity index is 619. The zero-order valence-electron chi connectivity index (χ0n) is 10.4. The molecule has 0 atom stereocenters. The Morgan fingerprint density at radius 2 is 2.00 bits per heavy atom. The molecule has 5 nitrogen and oxygen atoms in total. The summed E-state index contributed by atoms with van der Waals surface area (Å²) in [5, 5.41) is 3.75. The van der Waals surface area contributed by atoms with Gasteiger partial charge >= 0.3 is 0 Å². The quantitative estimate of drug-likeness (QED) is 0.849. The van der Waals surface area contributed by atoms with Crippen molar-refractivity contribution in [3.63, 3.8) is 0 Å². The molecule has 0 aliphatic carbocycles. The lowest BCUT2D eigenvalue weighted by Crippen LogP contribution is -2.03. The van der Waals surface area contributed by atoms with Gasteiger partial charge in [-0.3, -0.25) is 0 Å². The van der Waals surface area contributed by atoms with E-state index in [0.717, 1.165) is 5.69 Å². The van der Waals surface area contributed by atoms with Crippen molar-refractivity contribution < 1.29 is 4.74 Å². The molecule has 1 aromatic heterocycles. The van der Waals surface area contributed by atoms with Crippen LogP contribution in [-0.2, 0) is 0 Å². The van der Waals surface area contributed by atoms with Gasteiger partial charge in [0, 0.05) is 5.69 Å². The van der Waals surface area contributed by atoms with Gasteiger partial charge in [-0.15, -0.1) is 0 Å². The number of anilines is 3. The van der Waals surface area contributed by atoms with E-state index < -0.39 is 0 Å². The Kier molecular flexibility index (Phi) is 3.97. The van der Waals surface area contributed by atoms with E-state index >= 15 is 0 Å². The molecule has 0 spiro atoms. The number of hydrogen-bond donors (Lipinski definition) is 2. The van der Waals surface area contributed by atoms with Crippen molar-refractivity contribution >= 4 is 40.4 Å². The molecule has 0 bridgehead atoms. The molecule has 0 fully saturated rings. The average Bonchev–Trinajstić information content (AvgIpc) is 2.35. The van der Waals surface area contributed by atoms with Crippen LogP contribution in [0.2, 0.25) is 10.2 Å². The molecule has 0 radical (unpaired) electrons. The van der Waals surface area contributed by atoms with Gasteiger partial charge in [0.15, 0.2) is 11.0 Å². The van der Waals surface area contributed by atoms with E-state index in [1.54, 1.807) is 32.2 Å². The summed E-state index contributed by atoms with van der Waals surface area (Å²) in [6.07, 6.45) is 0. The number of halogens is 2. The fraction of sp³-hybridized carbons (Fsp3) is 0.167. The van der Waals surface area contributed by atoms with Crippen molar-refractivity contribution in [3.05, 3.63) is 34.2 Å². The van der Waals surface area contributed by atoms with Gasteiger partial charge in [0.2, 0.25) is 0 Å². The lowest BCUT2D eigenvalue weighted by atomic mass is 10.3. The number of ether oxygens (including phenoxy) is 1. The van der Waals surface area contributed by atoms with Crippen LogP contribution in [0.5, 0.6) is 5.75 Å². The van der Waals surface area contributed by atoms with Crippen LogP contribution < -0.4 is 15.8 Å². The molecule has 0 saturated heterocycles. The van der Waals surface area contributed by atoms with Gasteiger partial charge < -0.3 is 15.8 Å². The minimum Gasteiger partial charge on any atom is -0.495 e. The first kappa shape index (κ1) is 13.7. The molecule has 0 aliphatic rings. The molecule has 100 valence electrons. The van der Waals surface area contributed by atoms with E-state index in [1.807, 2.05) is 0 Å². The zero-order chi connectivity index (χ0) is 14.0. The summed E-state index contributed by atoms with van der Waals surface area (Å²) in [7, 11) is 1.56. The predicted octanol–water partition coefficient (Wildman–Crippen LogP) is 3.43. The molecular formula is C12H12Cl2N4O. The fourth-order valence-corrected chi connectivity index (χ4v) is 1.99. The molecule has 3 N–H and O–H groups in total. The highest BCUT2D eigenvalue weighted by atomic mass is 35.5. The highest BCUT2D eigenvalue weighted by molar-refractivity contribution is 6.32. The number of benzene rings is 1. The summed E-state index contributed by atoms with van der Waals surface area (Å²) in [6.45, 7) is 1.73. The Morgan fingerprint density at radius 1 is 1.26 bits per heavy atom. The maximum atomic E-state index is 6.04. The zero-order valence-corrected chi connectivity index (χ0v) is 11.9. The van der Waals surface area contributed by atoms with Crippen molar-refractivity contribution in [2.75, 3.05) is 18.2 Å². The normalized spacial score (nSPS) is 10.3. The summed E-state index contributed by atoms with van der Waals surface area (Å²) in [5.74, 6) is 1.57. The van der Waals surface area contributed by atoms with Crippen LogP contribution in [0.1, 0.15) is 5.82 Å². The Hall–Kier alpha value is -1.72.